The fourth-order valence-corrected chi connectivity index (χ4v) is 2.43. The molecular formula is C20H27NO10. The zero-order valence-corrected chi connectivity index (χ0v) is 17.6. The van der Waals surface area contributed by atoms with Crippen LogP contribution in [0.25, 0.3) is 0 Å². The maximum absolute atomic E-state index is 11.9. The minimum atomic E-state index is -1.34. The Labute approximate surface area is 179 Å². The van der Waals surface area contributed by atoms with Gasteiger partial charge in [-0.2, -0.15) is 0 Å². The number of carbonyl (C=O) groups is 4. The number of aliphatic hydroxyl groups excluding tert-OH is 1. The number of aliphatic imine (C=N–C) groups is 1. The van der Waals surface area contributed by atoms with Crippen molar-refractivity contribution in [3.63, 3.8) is 0 Å². The number of carboxylic acid groups (broad SMARTS) is 1. The van der Waals surface area contributed by atoms with Crippen LogP contribution in [0.3, 0.4) is 0 Å². The number of esters is 3. The fraction of sp³-hybridized carbons (Fsp3) is 0.550. The van der Waals surface area contributed by atoms with Crippen LogP contribution < -0.4 is 0 Å². The van der Waals surface area contributed by atoms with Gasteiger partial charge in [0.15, 0.2) is 18.4 Å². The van der Waals surface area contributed by atoms with Crippen LogP contribution in [0.15, 0.2) is 29.0 Å². The highest BCUT2D eigenvalue weighted by molar-refractivity contribution is 5.90. The van der Waals surface area contributed by atoms with Gasteiger partial charge in [-0.05, 0) is 12.2 Å². The molecule has 172 valence electrons. The number of aliphatic carboxylic acids is 1. The maximum atomic E-state index is 11.9. The molecular weight excluding hydrogens is 414 g/mol. The van der Waals surface area contributed by atoms with Crippen LogP contribution in [0.2, 0.25) is 0 Å². The minimum Gasteiger partial charge on any atom is -0.515 e. The Morgan fingerprint density at radius 2 is 1.55 bits per heavy atom. The van der Waals surface area contributed by atoms with Crippen LogP contribution in [0.5, 0.6) is 0 Å². The second-order valence-electron chi connectivity index (χ2n) is 6.26. The van der Waals surface area contributed by atoms with Gasteiger partial charge in [0.2, 0.25) is 0 Å². The van der Waals surface area contributed by atoms with Crippen molar-refractivity contribution in [1.82, 2.24) is 0 Å². The van der Waals surface area contributed by atoms with Crippen molar-refractivity contribution >= 4 is 30.1 Å². The third-order valence-corrected chi connectivity index (χ3v) is 4.08. The number of carboxylic acids is 1. The normalized spacial score (nSPS) is 23.8. The quantitative estimate of drug-likeness (QED) is 0.120. The smallest absolute Gasteiger partial charge is 0.338 e. The van der Waals surface area contributed by atoms with Crippen molar-refractivity contribution in [3.8, 4) is 0 Å². The Bertz CT molecular complexity index is 742. The summed E-state index contributed by atoms with van der Waals surface area (Å²) in [7, 11) is 0. The summed E-state index contributed by atoms with van der Waals surface area (Å²) in [6, 6.07) is 0. The second kappa shape index (κ2) is 13.2. The molecule has 0 aromatic carbocycles. The molecule has 0 spiro atoms. The fourth-order valence-electron chi connectivity index (χ4n) is 2.43. The monoisotopic (exact) mass is 441 g/mol. The summed E-state index contributed by atoms with van der Waals surface area (Å²) in [6.07, 6.45) is -0.0305. The van der Waals surface area contributed by atoms with Crippen molar-refractivity contribution in [2.24, 2.45) is 4.99 Å². The van der Waals surface area contributed by atoms with E-state index < -0.39 is 48.4 Å². The molecule has 2 N–H and O–H groups in total. The molecule has 0 bridgehead atoms. The van der Waals surface area contributed by atoms with Gasteiger partial charge in [0.1, 0.15) is 12.7 Å². The second-order valence-corrected chi connectivity index (χ2v) is 6.26. The summed E-state index contributed by atoms with van der Waals surface area (Å²) in [5.74, 6) is -2.98. The van der Waals surface area contributed by atoms with Crippen LogP contribution in [-0.2, 0) is 38.1 Å². The van der Waals surface area contributed by atoms with Crippen LogP contribution in [-0.4, -0.2) is 71.5 Å². The Morgan fingerprint density at radius 3 is 2.06 bits per heavy atom. The van der Waals surface area contributed by atoms with Gasteiger partial charge in [0, 0.05) is 25.5 Å². The first-order valence-electron chi connectivity index (χ1n) is 9.74. The average Bonchev–Trinajstić information content (AvgIpc) is 3.07. The van der Waals surface area contributed by atoms with E-state index in [-0.39, 0.29) is 31.4 Å². The number of carbonyl (C=O) groups excluding carboxylic acids is 3. The van der Waals surface area contributed by atoms with Crippen molar-refractivity contribution in [2.45, 2.75) is 64.6 Å². The molecule has 0 saturated carbocycles. The molecule has 1 saturated heterocycles. The van der Waals surface area contributed by atoms with E-state index in [2.05, 4.69) is 4.99 Å². The standard InChI is InChI=1S/C20H27NO10/c1-4-14(23)28-11-13-17(30-15(24)5-2)18(31-16(25)6-3)19(29-13)21-9-7-8-12(10-22)20(26)27/h7-10,13,17-19,22H,4-6,11H2,1-3H3,(H,26,27)/t13-,17-,18-,19-/m1/s1. The summed E-state index contributed by atoms with van der Waals surface area (Å²) in [6.45, 7) is 4.55. The Kier molecular flexibility index (Phi) is 11.0. The minimum absolute atomic E-state index is 0.0556. The van der Waals surface area contributed by atoms with Gasteiger partial charge in [0.05, 0.1) is 11.8 Å². The molecule has 1 fully saturated rings. The number of hydrogen-bond acceptors (Lipinski definition) is 10. The van der Waals surface area contributed by atoms with Gasteiger partial charge < -0.3 is 29.2 Å². The van der Waals surface area contributed by atoms with Crippen molar-refractivity contribution in [1.29, 1.82) is 0 Å². The molecule has 4 atom stereocenters. The number of rotatable bonds is 11. The number of aliphatic hydroxyl groups is 1. The summed E-state index contributed by atoms with van der Waals surface area (Å²) in [4.78, 5) is 50.3. The van der Waals surface area contributed by atoms with Gasteiger partial charge in [0.25, 0.3) is 0 Å². The first kappa shape index (κ1) is 25.8. The molecule has 1 heterocycles. The first-order chi connectivity index (χ1) is 14.8. The topological polar surface area (TPSA) is 158 Å². The summed E-state index contributed by atoms with van der Waals surface area (Å²) >= 11 is 0. The van der Waals surface area contributed by atoms with Crippen molar-refractivity contribution < 1.29 is 48.3 Å². The molecule has 0 amide bonds. The first-order valence-corrected chi connectivity index (χ1v) is 9.74. The molecule has 11 nitrogen and oxygen atoms in total. The molecule has 1 aliphatic heterocycles. The van der Waals surface area contributed by atoms with E-state index in [1.807, 2.05) is 0 Å². The average molecular weight is 441 g/mol. The lowest BCUT2D eigenvalue weighted by Crippen LogP contribution is -2.41. The molecule has 1 rings (SSSR count). The lowest BCUT2D eigenvalue weighted by Gasteiger charge is -2.23. The molecule has 0 aromatic heterocycles. The number of hydrogen-bond donors (Lipinski definition) is 2. The van der Waals surface area contributed by atoms with Crippen molar-refractivity contribution in [2.75, 3.05) is 6.61 Å². The maximum Gasteiger partial charge on any atom is 0.338 e. The van der Waals surface area contributed by atoms with E-state index in [9.17, 15) is 19.2 Å². The van der Waals surface area contributed by atoms with Gasteiger partial charge in [-0.3, -0.25) is 19.4 Å². The van der Waals surface area contributed by atoms with Crippen LogP contribution in [0.4, 0.5) is 0 Å². The molecule has 0 unspecified atom stereocenters. The van der Waals surface area contributed by atoms with E-state index in [1.54, 1.807) is 20.8 Å². The van der Waals surface area contributed by atoms with E-state index in [4.69, 9.17) is 29.2 Å². The Balaban J connectivity index is 3.10. The predicted molar refractivity (Wildman–Crippen MR) is 106 cm³/mol. The van der Waals surface area contributed by atoms with Gasteiger partial charge >= 0.3 is 23.9 Å². The molecule has 1 aliphatic rings. The van der Waals surface area contributed by atoms with Gasteiger partial charge in [-0.15, -0.1) is 0 Å². The molecule has 0 radical (unpaired) electrons. The highest BCUT2D eigenvalue weighted by Gasteiger charge is 2.49. The van der Waals surface area contributed by atoms with Crippen LogP contribution >= 0.6 is 0 Å². The number of allylic oxidation sites excluding steroid dienone is 1. The molecule has 31 heavy (non-hydrogen) atoms. The molecule has 11 heteroatoms. The van der Waals surface area contributed by atoms with Gasteiger partial charge in [-0.25, -0.2) is 4.79 Å². The highest BCUT2D eigenvalue weighted by Crippen LogP contribution is 2.29. The number of ether oxygens (including phenoxy) is 4. The third-order valence-electron chi connectivity index (χ3n) is 4.08. The number of nitrogens with zero attached hydrogens (tertiary/aromatic N) is 1. The van der Waals surface area contributed by atoms with Gasteiger partial charge in [-0.1, -0.05) is 20.8 Å². The Hall–Kier alpha value is -3.21. The largest absolute Gasteiger partial charge is 0.515 e. The molecule has 0 aromatic rings. The molecule has 0 aliphatic carbocycles. The summed E-state index contributed by atoms with van der Waals surface area (Å²) in [5.41, 5.74) is -0.383. The predicted octanol–water partition coefficient (Wildman–Crippen LogP) is 1.46. The zero-order valence-electron chi connectivity index (χ0n) is 17.6. The lowest BCUT2D eigenvalue weighted by atomic mass is 10.1. The van der Waals surface area contributed by atoms with E-state index in [1.165, 1.54) is 12.3 Å². The van der Waals surface area contributed by atoms with E-state index >= 15 is 0 Å². The van der Waals surface area contributed by atoms with Crippen LogP contribution in [0.1, 0.15) is 40.0 Å². The third kappa shape index (κ3) is 8.21. The summed E-state index contributed by atoms with van der Waals surface area (Å²) in [5, 5.41) is 17.7. The van der Waals surface area contributed by atoms with E-state index in [0.29, 0.717) is 6.26 Å². The summed E-state index contributed by atoms with van der Waals surface area (Å²) < 4.78 is 21.5. The Morgan fingerprint density at radius 1 is 0.968 bits per heavy atom. The van der Waals surface area contributed by atoms with Crippen LogP contribution in [0, 0.1) is 0 Å². The van der Waals surface area contributed by atoms with E-state index in [0.717, 1.165) is 6.08 Å². The lowest BCUT2D eigenvalue weighted by molar-refractivity contribution is -0.168. The zero-order chi connectivity index (χ0) is 23.4. The SMILES string of the molecule is CCC(=O)OC[C@H]1O[C@@H](N=CC=CC(=CO)C(=O)O)[C@H](OC(=O)CC)[C@@H]1OC(=O)CC. The highest BCUT2D eigenvalue weighted by atomic mass is 16.7. The van der Waals surface area contributed by atoms with Crippen molar-refractivity contribution in [3.05, 3.63) is 24.0 Å².